The zero-order valence-electron chi connectivity index (χ0n) is 20.7. The predicted molar refractivity (Wildman–Crippen MR) is 133 cm³/mol. The van der Waals surface area contributed by atoms with Crippen molar-refractivity contribution in [1.82, 2.24) is 15.5 Å². The van der Waals surface area contributed by atoms with Crippen LogP contribution in [0.15, 0.2) is 24.3 Å². The second-order valence-corrected chi connectivity index (χ2v) is 10.3. The molecular weight excluding hydrogens is 444 g/mol. The van der Waals surface area contributed by atoms with Crippen LogP contribution in [-0.4, -0.2) is 64.1 Å². The molecule has 2 N–H and O–H groups in total. The summed E-state index contributed by atoms with van der Waals surface area (Å²) in [6.07, 6.45) is 19.7. The molecule has 0 radical (unpaired) electrons. The van der Waals surface area contributed by atoms with Gasteiger partial charge < -0.3 is 10.6 Å². The Bertz CT molecular complexity index is 910. The van der Waals surface area contributed by atoms with Crippen molar-refractivity contribution in [2.75, 3.05) is 13.1 Å². The summed E-state index contributed by atoms with van der Waals surface area (Å²) in [5.74, 6) is -0.964. The van der Waals surface area contributed by atoms with E-state index in [1.54, 1.807) is 24.3 Å². The van der Waals surface area contributed by atoms with Gasteiger partial charge in [-0.3, -0.25) is 9.59 Å². The number of fused-ring (bicyclic) bond motifs is 1. The first-order valence-corrected chi connectivity index (χ1v) is 13.5. The van der Waals surface area contributed by atoms with Gasteiger partial charge in [-0.2, -0.15) is 14.3 Å². The fourth-order valence-electron chi connectivity index (χ4n) is 5.65. The molecule has 1 aliphatic heterocycles. The Morgan fingerprint density at radius 2 is 1.49 bits per heavy atom. The third-order valence-electron chi connectivity index (χ3n) is 7.58. The van der Waals surface area contributed by atoms with E-state index in [0.29, 0.717) is 25.0 Å². The van der Waals surface area contributed by atoms with Crippen LogP contribution in [0.2, 0.25) is 0 Å². The molecule has 3 aliphatic carbocycles. The van der Waals surface area contributed by atoms with E-state index >= 15 is 0 Å². The number of imide groups is 1. The van der Waals surface area contributed by atoms with Crippen molar-refractivity contribution in [1.29, 1.82) is 0 Å². The van der Waals surface area contributed by atoms with Crippen molar-refractivity contribution in [3.05, 3.63) is 24.3 Å². The number of nitrogens with one attached hydrogen (secondary N) is 2. The molecule has 2 fully saturated rings. The van der Waals surface area contributed by atoms with Crippen molar-refractivity contribution < 1.29 is 23.8 Å². The van der Waals surface area contributed by atoms with Crippen molar-refractivity contribution in [2.45, 2.75) is 95.6 Å². The lowest BCUT2D eigenvalue weighted by Crippen LogP contribution is -2.56. The van der Waals surface area contributed by atoms with Gasteiger partial charge in [0.2, 0.25) is 5.91 Å². The molecule has 35 heavy (non-hydrogen) atoms. The number of carbonyl (C=O) groups excluding carboxylic acids is 4. The van der Waals surface area contributed by atoms with Crippen molar-refractivity contribution in [2.24, 2.45) is 5.92 Å². The molecule has 0 bridgehead atoms. The number of nitrogens with zero attached hydrogens (tertiary/aromatic N) is 2. The lowest BCUT2D eigenvalue weighted by molar-refractivity contribution is -0.428. The van der Waals surface area contributed by atoms with E-state index in [1.807, 2.05) is 0 Å². The van der Waals surface area contributed by atoms with E-state index in [1.165, 1.54) is 35.2 Å². The maximum absolute atomic E-state index is 13.3. The van der Waals surface area contributed by atoms with Crippen molar-refractivity contribution in [3.8, 4) is 0 Å². The molecular formula is C27H39N4O4+. The molecule has 0 saturated heterocycles. The Morgan fingerprint density at radius 3 is 2.14 bits per heavy atom. The van der Waals surface area contributed by atoms with Gasteiger partial charge in [-0.15, -0.1) is 0 Å². The second kappa shape index (κ2) is 12.3. The molecule has 4 rings (SSSR count). The van der Waals surface area contributed by atoms with Crippen LogP contribution in [0.25, 0.3) is 0 Å². The third-order valence-corrected chi connectivity index (χ3v) is 7.58. The first-order chi connectivity index (χ1) is 17.0. The minimum atomic E-state index is -0.560. The van der Waals surface area contributed by atoms with Crippen molar-refractivity contribution >= 4 is 29.5 Å². The number of hydrogen-bond acceptors (Lipinski definition) is 4. The van der Waals surface area contributed by atoms with Crippen LogP contribution in [0, 0.1) is 5.92 Å². The highest BCUT2D eigenvalue weighted by Crippen LogP contribution is 2.21. The third kappa shape index (κ3) is 6.67. The SMILES string of the molecule is O=C(CCCCN1C(=O)C2C=CC=CC2=[N+](CC(=O)NC2CCCCC2)C1=O)NC1CCCCC1. The van der Waals surface area contributed by atoms with Crippen molar-refractivity contribution in [3.63, 3.8) is 0 Å². The normalized spacial score (nSPS) is 23.4. The minimum Gasteiger partial charge on any atom is -0.353 e. The van der Waals surface area contributed by atoms with Crippen LogP contribution in [0.5, 0.6) is 0 Å². The molecule has 190 valence electrons. The maximum Gasteiger partial charge on any atom is 0.501 e. The summed E-state index contributed by atoms with van der Waals surface area (Å²) in [6, 6.07) is -0.00204. The van der Waals surface area contributed by atoms with Gasteiger partial charge in [0.05, 0.1) is 6.54 Å². The average molecular weight is 484 g/mol. The van der Waals surface area contributed by atoms with Gasteiger partial charge in [0.25, 0.3) is 5.91 Å². The van der Waals surface area contributed by atoms with Crippen LogP contribution in [-0.2, 0) is 14.4 Å². The molecule has 4 aliphatic rings. The summed E-state index contributed by atoms with van der Waals surface area (Å²) in [6.45, 7) is 0.156. The lowest BCUT2D eigenvalue weighted by atomic mass is 9.94. The van der Waals surface area contributed by atoms with Crippen LogP contribution in [0.3, 0.4) is 0 Å². The molecule has 1 atom stereocenters. The molecule has 0 aromatic carbocycles. The van der Waals surface area contributed by atoms with Gasteiger partial charge in [0.15, 0.2) is 6.54 Å². The predicted octanol–water partition coefficient (Wildman–Crippen LogP) is 3.21. The molecule has 0 aromatic rings. The summed E-state index contributed by atoms with van der Waals surface area (Å²) in [4.78, 5) is 52.7. The number of hydrogen-bond donors (Lipinski definition) is 2. The molecule has 5 amide bonds. The first kappa shape index (κ1) is 25.3. The molecule has 8 nitrogen and oxygen atoms in total. The number of allylic oxidation sites excluding steroid dienone is 3. The number of rotatable bonds is 9. The summed E-state index contributed by atoms with van der Waals surface area (Å²) in [5.41, 5.74) is 0.560. The van der Waals surface area contributed by atoms with Crippen LogP contribution in [0.4, 0.5) is 4.79 Å². The van der Waals surface area contributed by atoms with Gasteiger partial charge in [-0.25, -0.2) is 4.79 Å². The quantitative estimate of drug-likeness (QED) is 0.389. The number of urea groups is 1. The van der Waals surface area contributed by atoms with Gasteiger partial charge in [0, 0.05) is 18.5 Å². The molecule has 8 heteroatoms. The van der Waals surface area contributed by atoms with E-state index in [4.69, 9.17) is 0 Å². The molecule has 0 aromatic heterocycles. The summed E-state index contributed by atoms with van der Waals surface area (Å²) < 4.78 is 1.44. The highest BCUT2D eigenvalue weighted by atomic mass is 16.2. The number of amides is 5. The van der Waals surface area contributed by atoms with E-state index in [2.05, 4.69) is 10.6 Å². The largest absolute Gasteiger partial charge is 0.501 e. The second-order valence-electron chi connectivity index (χ2n) is 10.3. The Balaban J connectivity index is 1.32. The van der Waals surface area contributed by atoms with E-state index < -0.39 is 11.9 Å². The van der Waals surface area contributed by atoms with Gasteiger partial charge in [-0.1, -0.05) is 56.8 Å². The highest BCUT2D eigenvalue weighted by molar-refractivity contribution is 6.16. The van der Waals surface area contributed by atoms with Crippen LogP contribution < -0.4 is 10.6 Å². The van der Waals surface area contributed by atoms with E-state index in [0.717, 1.165) is 38.5 Å². The fourth-order valence-corrected chi connectivity index (χ4v) is 5.65. The fraction of sp³-hybridized carbons (Fsp3) is 0.667. The lowest BCUT2D eigenvalue weighted by Gasteiger charge is -2.27. The van der Waals surface area contributed by atoms with Crippen LogP contribution in [0.1, 0.15) is 83.5 Å². The number of unbranched alkanes of at least 4 members (excludes halogenated alkanes) is 1. The minimum absolute atomic E-state index is 0.0465. The zero-order valence-corrected chi connectivity index (χ0v) is 20.7. The first-order valence-electron chi connectivity index (χ1n) is 13.5. The Kier molecular flexibility index (Phi) is 8.88. The Hall–Kier alpha value is -2.77. The molecule has 0 spiro atoms. The van der Waals surface area contributed by atoms with Gasteiger partial charge in [0.1, 0.15) is 11.6 Å². The smallest absolute Gasteiger partial charge is 0.353 e. The Labute approximate surface area is 207 Å². The average Bonchev–Trinajstić information content (AvgIpc) is 2.87. The Morgan fingerprint density at radius 1 is 0.857 bits per heavy atom. The summed E-state index contributed by atoms with van der Waals surface area (Å²) >= 11 is 0. The van der Waals surface area contributed by atoms with Gasteiger partial charge >= 0.3 is 11.9 Å². The molecule has 1 unspecified atom stereocenters. The van der Waals surface area contributed by atoms with Crippen LogP contribution >= 0.6 is 0 Å². The monoisotopic (exact) mass is 483 g/mol. The van der Waals surface area contributed by atoms with E-state index in [-0.39, 0.29) is 42.9 Å². The number of carbonyl (C=O) groups is 4. The van der Waals surface area contributed by atoms with E-state index in [9.17, 15) is 19.2 Å². The summed E-state index contributed by atoms with van der Waals surface area (Å²) in [7, 11) is 0. The zero-order chi connectivity index (χ0) is 24.6. The summed E-state index contributed by atoms with van der Waals surface area (Å²) in [5, 5.41) is 6.19. The molecule has 2 saturated carbocycles. The topological polar surface area (TPSA) is 98.6 Å². The maximum atomic E-state index is 13.3. The highest BCUT2D eigenvalue weighted by Gasteiger charge is 2.46. The molecule has 1 heterocycles. The van der Waals surface area contributed by atoms with Gasteiger partial charge in [-0.05, 0) is 44.6 Å². The standard InChI is InChI=1S/C27H38N4O4/c32-24(28-20-11-3-1-4-12-20)17-9-10-18-30-26(34)22-15-7-8-16-23(22)31(27(30)35)19-25(33)29-21-13-5-2-6-14-21/h7-8,15-16,20-22H,1-6,9-14,17-19H2,(H-,28,29,32,33)/p+1.